The van der Waals surface area contributed by atoms with Crippen LogP contribution in [0.4, 0.5) is 11.4 Å². The van der Waals surface area contributed by atoms with Gasteiger partial charge in [-0.3, -0.25) is 14.9 Å². The number of nitrogens with one attached hydrogen (secondary N) is 2. The van der Waals surface area contributed by atoms with Gasteiger partial charge in [-0.2, -0.15) is 0 Å². The zero-order valence-electron chi connectivity index (χ0n) is 18.0. The second-order valence-corrected chi connectivity index (χ2v) is 8.58. The molecule has 0 bridgehead atoms. The van der Waals surface area contributed by atoms with Gasteiger partial charge in [0, 0.05) is 23.4 Å². The molecule has 0 radical (unpaired) electrons. The molecule has 1 fully saturated rings. The quantitative estimate of drug-likeness (QED) is 0.267. The fraction of sp³-hybridized carbons (Fsp3) is 0.160. The molecule has 0 spiro atoms. The van der Waals surface area contributed by atoms with Gasteiger partial charge < -0.3 is 15.4 Å². The molecule has 1 saturated heterocycles. The highest BCUT2D eigenvalue weighted by atomic mass is 32.2. The lowest BCUT2D eigenvalue weighted by Crippen LogP contribution is -2.30. The third-order valence-corrected chi connectivity index (χ3v) is 6.14. The topological polar surface area (TPSA) is 93.5 Å². The van der Waals surface area contributed by atoms with Crippen molar-refractivity contribution in [1.29, 1.82) is 0 Å². The summed E-state index contributed by atoms with van der Waals surface area (Å²) >= 11 is 1.41. The first-order valence-corrected chi connectivity index (χ1v) is 11.4. The number of nitro groups is 1. The Morgan fingerprint density at radius 2 is 1.88 bits per heavy atom. The predicted octanol–water partition coefficient (Wildman–Crippen LogP) is 5.34. The lowest BCUT2D eigenvalue weighted by Gasteiger charge is -2.13. The first kappa shape index (κ1) is 22.4. The molecular weight excluding hydrogens is 438 g/mol. The highest BCUT2D eigenvalue weighted by Gasteiger charge is 2.27. The fourth-order valence-electron chi connectivity index (χ4n) is 3.35. The van der Waals surface area contributed by atoms with E-state index in [4.69, 9.17) is 4.74 Å². The Hall–Kier alpha value is -3.78. The van der Waals surface area contributed by atoms with Crippen LogP contribution < -0.4 is 15.4 Å². The number of nitrogens with zero attached hydrogens (tertiary/aromatic N) is 1. The zero-order chi connectivity index (χ0) is 23.2. The number of carbonyl (C=O) groups is 1. The van der Waals surface area contributed by atoms with Crippen LogP contribution in [-0.2, 0) is 17.8 Å². The predicted molar refractivity (Wildman–Crippen MR) is 131 cm³/mol. The van der Waals surface area contributed by atoms with E-state index in [-0.39, 0.29) is 23.7 Å². The van der Waals surface area contributed by atoms with Crippen LogP contribution in [0.2, 0.25) is 0 Å². The molecule has 3 aromatic rings. The van der Waals surface area contributed by atoms with Gasteiger partial charge in [-0.1, -0.05) is 61.2 Å². The highest BCUT2D eigenvalue weighted by molar-refractivity contribution is 8.05. The summed E-state index contributed by atoms with van der Waals surface area (Å²) in [6.07, 6.45) is 2.77. The van der Waals surface area contributed by atoms with Crippen molar-refractivity contribution in [3.8, 4) is 5.75 Å². The molecule has 3 aromatic carbocycles. The number of hydrogen-bond acceptors (Lipinski definition) is 6. The molecule has 0 saturated carbocycles. The minimum absolute atomic E-state index is 0.0217. The maximum Gasteiger partial charge on any atom is 0.269 e. The Bertz CT molecular complexity index is 1190. The number of benzene rings is 3. The molecule has 0 aliphatic carbocycles. The number of thioether (sulfide) groups is 1. The summed E-state index contributed by atoms with van der Waals surface area (Å²) in [4.78, 5) is 23.7. The number of anilines is 1. The number of hydrogen-bond donors (Lipinski definition) is 2. The first-order chi connectivity index (χ1) is 16.0. The number of rotatable bonds is 8. The maximum absolute atomic E-state index is 12.5. The minimum atomic E-state index is -0.430. The van der Waals surface area contributed by atoms with E-state index in [0.717, 1.165) is 17.7 Å². The van der Waals surface area contributed by atoms with Crippen molar-refractivity contribution in [2.45, 2.75) is 25.4 Å². The Labute approximate surface area is 196 Å². The van der Waals surface area contributed by atoms with Crippen LogP contribution in [0, 0.1) is 10.1 Å². The molecule has 1 amide bonds. The van der Waals surface area contributed by atoms with Gasteiger partial charge in [0.2, 0.25) is 0 Å². The zero-order valence-corrected chi connectivity index (χ0v) is 18.8. The van der Waals surface area contributed by atoms with E-state index in [0.29, 0.717) is 16.2 Å². The summed E-state index contributed by atoms with van der Waals surface area (Å²) in [5.41, 5.74) is 3.40. The second-order valence-electron chi connectivity index (χ2n) is 7.43. The third-order valence-electron chi connectivity index (χ3n) is 5.11. The molecule has 168 valence electrons. The summed E-state index contributed by atoms with van der Waals surface area (Å²) in [5, 5.41) is 17.2. The van der Waals surface area contributed by atoms with Gasteiger partial charge in [0.25, 0.3) is 11.6 Å². The monoisotopic (exact) mass is 461 g/mol. The molecular formula is C25H23N3O4S. The van der Waals surface area contributed by atoms with E-state index in [1.807, 2.05) is 36.4 Å². The highest BCUT2D eigenvalue weighted by Crippen LogP contribution is 2.32. The first-order valence-electron chi connectivity index (χ1n) is 10.5. The molecule has 7 nitrogen and oxygen atoms in total. The van der Waals surface area contributed by atoms with E-state index in [1.54, 1.807) is 18.2 Å². The summed E-state index contributed by atoms with van der Waals surface area (Å²) < 4.78 is 5.92. The number of nitro benzene ring substituents is 1. The van der Waals surface area contributed by atoms with Crippen LogP contribution in [0.3, 0.4) is 0 Å². The van der Waals surface area contributed by atoms with E-state index >= 15 is 0 Å². The van der Waals surface area contributed by atoms with Gasteiger partial charge in [0.05, 0.1) is 9.83 Å². The number of amides is 1. The molecule has 33 heavy (non-hydrogen) atoms. The van der Waals surface area contributed by atoms with Gasteiger partial charge in [-0.15, -0.1) is 0 Å². The standard InChI is InChI=1S/C25H23N3O4S/c1-2-17-10-12-20(13-11-17)26-25-27-24(29)23(33-25)15-19-7-3-4-9-22(19)32-16-18-6-5-8-21(14-18)28(30)31/h3-15,25-26H,2,16H2,1H3,(H,27,29)/b23-15-/t25-/m1/s1. The number of para-hydroxylation sites is 1. The maximum atomic E-state index is 12.5. The van der Waals surface area contributed by atoms with Crippen molar-refractivity contribution < 1.29 is 14.5 Å². The SMILES string of the molecule is CCc1ccc(N[C@@H]2NC(=O)/C(=C/c3ccccc3OCc3cccc([N+](=O)[O-])c3)S2)cc1. The van der Waals surface area contributed by atoms with Gasteiger partial charge in [-0.25, -0.2) is 0 Å². The van der Waals surface area contributed by atoms with Crippen LogP contribution in [0.1, 0.15) is 23.6 Å². The van der Waals surface area contributed by atoms with E-state index < -0.39 is 4.92 Å². The van der Waals surface area contributed by atoms with Gasteiger partial charge >= 0.3 is 0 Å². The summed E-state index contributed by atoms with van der Waals surface area (Å²) in [7, 11) is 0. The van der Waals surface area contributed by atoms with Gasteiger partial charge in [0.15, 0.2) is 5.50 Å². The van der Waals surface area contributed by atoms with Crippen LogP contribution >= 0.6 is 11.8 Å². The summed E-state index contributed by atoms with van der Waals surface area (Å²) in [6, 6.07) is 21.9. The summed E-state index contributed by atoms with van der Waals surface area (Å²) in [5.74, 6) is 0.438. The second kappa shape index (κ2) is 10.2. The van der Waals surface area contributed by atoms with Crippen molar-refractivity contribution in [2.75, 3.05) is 5.32 Å². The molecule has 1 aliphatic heterocycles. The van der Waals surface area contributed by atoms with E-state index in [2.05, 4.69) is 29.7 Å². The van der Waals surface area contributed by atoms with E-state index in [1.165, 1.54) is 29.5 Å². The van der Waals surface area contributed by atoms with Crippen molar-refractivity contribution in [3.05, 3.63) is 105 Å². The van der Waals surface area contributed by atoms with Crippen LogP contribution in [-0.4, -0.2) is 16.3 Å². The Morgan fingerprint density at radius 1 is 1.09 bits per heavy atom. The molecule has 0 unspecified atom stereocenters. The normalized spacial score (nSPS) is 16.5. The lowest BCUT2D eigenvalue weighted by molar-refractivity contribution is -0.384. The Morgan fingerprint density at radius 3 is 2.64 bits per heavy atom. The van der Waals surface area contributed by atoms with Crippen molar-refractivity contribution in [1.82, 2.24) is 5.32 Å². The Balaban J connectivity index is 1.45. The molecule has 8 heteroatoms. The number of non-ortho nitro benzene ring substituents is 1. The van der Waals surface area contributed by atoms with E-state index in [9.17, 15) is 14.9 Å². The Kier molecular flexibility index (Phi) is 6.95. The molecule has 4 rings (SSSR count). The van der Waals surface area contributed by atoms with Crippen LogP contribution in [0.25, 0.3) is 6.08 Å². The fourth-order valence-corrected chi connectivity index (χ4v) is 4.32. The van der Waals surface area contributed by atoms with Crippen molar-refractivity contribution in [3.63, 3.8) is 0 Å². The third kappa shape index (κ3) is 5.72. The number of ether oxygens (including phenoxy) is 1. The van der Waals surface area contributed by atoms with Crippen LogP contribution in [0.5, 0.6) is 5.75 Å². The lowest BCUT2D eigenvalue weighted by atomic mass is 10.1. The molecule has 1 atom stereocenters. The average Bonchev–Trinajstić information content (AvgIpc) is 3.17. The van der Waals surface area contributed by atoms with Crippen molar-refractivity contribution in [2.24, 2.45) is 0 Å². The smallest absolute Gasteiger partial charge is 0.269 e. The number of carbonyl (C=O) groups excluding carboxylic acids is 1. The molecule has 2 N–H and O–H groups in total. The van der Waals surface area contributed by atoms with Gasteiger partial charge in [0.1, 0.15) is 12.4 Å². The van der Waals surface area contributed by atoms with Gasteiger partial charge in [-0.05, 0) is 41.8 Å². The molecule has 0 aromatic heterocycles. The summed E-state index contributed by atoms with van der Waals surface area (Å²) in [6.45, 7) is 2.29. The van der Waals surface area contributed by atoms with Crippen molar-refractivity contribution >= 4 is 35.1 Å². The molecule has 1 aliphatic rings. The minimum Gasteiger partial charge on any atom is -0.488 e. The molecule has 1 heterocycles. The number of aryl methyl sites for hydroxylation is 1. The van der Waals surface area contributed by atoms with Crippen LogP contribution in [0.15, 0.2) is 77.7 Å². The average molecular weight is 462 g/mol. The largest absolute Gasteiger partial charge is 0.488 e.